The predicted molar refractivity (Wildman–Crippen MR) is 88.6 cm³/mol. The number of nitriles is 1. The first-order valence-corrected chi connectivity index (χ1v) is 7.37. The minimum Gasteiger partial charge on any atom is -0.461 e. The third-order valence-corrected chi connectivity index (χ3v) is 3.65. The Balaban J connectivity index is 1.60. The van der Waals surface area contributed by atoms with Crippen molar-refractivity contribution in [2.75, 3.05) is 0 Å². The van der Waals surface area contributed by atoms with Gasteiger partial charge in [-0.2, -0.15) is 5.26 Å². The van der Waals surface area contributed by atoms with Gasteiger partial charge >= 0.3 is 5.97 Å². The minimum atomic E-state index is -0.260. The molecule has 0 unspecified atom stereocenters. The zero-order chi connectivity index (χ0) is 16.1. The van der Waals surface area contributed by atoms with Gasteiger partial charge in [-0.3, -0.25) is 4.79 Å². The first-order chi connectivity index (χ1) is 11.2. The molecule has 3 heteroatoms. The summed E-state index contributed by atoms with van der Waals surface area (Å²) in [5.41, 5.74) is 2.40. The summed E-state index contributed by atoms with van der Waals surface area (Å²) < 4.78 is 5.30. The number of carbonyl (C=O) groups is 1. The van der Waals surface area contributed by atoms with Crippen molar-refractivity contribution in [3.05, 3.63) is 83.4 Å². The lowest BCUT2D eigenvalue weighted by atomic mass is 10.1. The number of carbonyl (C=O) groups excluding carboxylic acids is 1. The van der Waals surface area contributed by atoms with Crippen molar-refractivity contribution in [2.24, 2.45) is 0 Å². The number of esters is 1. The number of fused-ring (bicyclic) bond motifs is 1. The van der Waals surface area contributed by atoms with E-state index in [0.29, 0.717) is 5.56 Å². The summed E-state index contributed by atoms with van der Waals surface area (Å²) in [7, 11) is 0. The monoisotopic (exact) mass is 301 g/mol. The van der Waals surface area contributed by atoms with Crippen LogP contribution in [0, 0.1) is 11.3 Å². The second kappa shape index (κ2) is 6.76. The zero-order valence-electron chi connectivity index (χ0n) is 12.5. The molecule has 0 radical (unpaired) electrons. The van der Waals surface area contributed by atoms with E-state index in [0.717, 1.165) is 21.9 Å². The number of ether oxygens (including phenoxy) is 1. The fourth-order valence-electron chi connectivity index (χ4n) is 2.41. The molecule has 0 aliphatic rings. The number of nitrogens with zero attached hydrogens (tertiary/aromatic N) is 1. The number of rotatable bonds is 4. The molecule has 3 aromatic rings. The van der Waals surface area contributed by atoms with Crippen LogP contribution in [0.2, 0.25) is 0 Å². The highest BCUT2D eigenvalue weighted by atomic mass is 16.5. The van der Waals surface area contributed by atoms with Crippen LogP contribution in [0.25, 0.3) is 10.8 Å². The molecule has 0 saturated carbocycles. The van der Waals surface area contributed by atoms with Crippen molar-refractivity contribution in [3.8, 4) is 6.07 Å². The van der Waals surface area contributed by atoms with Crippen LogP contribution in [0.1, 0.15) is 16.7 Å². The molecule has 0 heterocycles. The maximum absolute atomic E-state index is 12.0. The first-order valence-electron chi connectivity index (χ1n) is 7.37. The standard InChI is InChI=1S/C20H15NO2/c21-13-15-5-7-16(8-6-15)14-23-20(22)12-17-9-10-18-3-1-2-4-19(18)11-17/h1-11H,12,14H2. The quantitative estimate of drug-likeness (QED) is 0.684. The van der Waals surface area contributed by atoms with Crippen LogP contribution < -0.4 is 0 Å². The van der Waals surface area contributed by atoms with E-state index < -0.39 is 0 Å². The van der Waals surface area contributed by atoms with Crippen molar-refractivity contribution in [3.63, 3.8) is 0 Å². The van der Waals surface area contributed by atoms with Crippen molar-refractivity contribution in [1.82, 2.24) is 0 Å². The van der Waals surface area contributed by atoms with E-state index in [2.05, 4.69) is 6.07 Å². The minimum absolute atomic E-state index is 0.220. The molecule has 0 bridgehead atoms. The second-order valence-electron chi connectivity index (χ2n) is 5.33. The molecular formula is C20H15NO2. The molecule has 0 aliphatic carbocycles. The van der Waals surface area contributed by atoms with E-state index in [1.807, 2.05) is 42.5 Å². The summed E-state index contributed by atoms with van der Waals surface area (Å²) in [5, 5.41) is 11.0. The van der Waals surface area contributed by atoms with Crippen molar-refractivity contribution in [2.45, 2.75) is 13.0 Å². The molecule has 23 heavy (non-hydrogen) atoms. The normalized spacial score (nSPS) is 10.2. The average molecular weight is 301 g/mol. The topological polar surface area (TPSA) is 50.1 Å². The van der Waals surface area contributed by atoms with E-state index in [1.165, 1.54) is 0 Å². The Morgan fingerprint density at radius 3 is 2.35 bits per heavy atom. The summed E-state index contributed by atoms with van der Waals surface area (Å²) in [6.45, 7) is 0.220. The summed E-state index contributed by atoms with van der Waals surface area (Å²) in [6.07, 6.45) is 0.251. The molecule has 0 fully saturated rings. The molecule has 112 valence electrons. The maximum Gasteiger partial charge on any atom is 0.310 e. The molecular weight excluding hydrogens is 286 g/mol. The summed E-state index contributed by atoms with van der Waals surface area (Å²) in [4.78, 5) is 12.0. The zero-order valence-corrected chi connectivity index (χ0v) is 12.5. The highest BCUT2D eigenvalue weighted by Crippen LogP contribution is 2.16. The van der Waals surface area contributed by atoms with Gasteiger partial charge in [0.1, 0.15) is 6.61 Å². The molecule has 3 nitrogen and oxygen atoms in total. The molecule has 3 aromatic carbocycles. The lowest BCUT2D eigenvalue weighted by Crippen LogP contribution is -2.08. The number of hydrogen-bond donors (Lipinski definition) is 0. The highest BCUT2D eigenvalue weighted by Gasteiger charge is 2.06. The molecule has 0 atom stereocenters. The van der Waals surface area contributed by atoms with Crippen LogP contribution in [-0.2, 0) is 22.6 Å². The Hall–Kier alpha value is -3.12. The van der Waals surface area contributed by atoms with Crippen LogP contribution >= 0.6 is 0 Å². The molecule has 3 rings (SSSR count). The number of benzene rings is 3. The van der Waals surface area contributed by atoms with Crippen LogP contribution in [0.4, 0.5) is 0 Å². The largest absolute Gasteiger partial charge is 0.461 e. The van der Waals surface area contributed by atoms with Gasteiger partial charge in [0, 0.05) is 0 Å². The third kappa shape index (κ3) is 3.75. The smallest absolute Gasteiger partial charge is 0.310 e. The van der Waals surface area contributed by atoms with Gasteiger partial charge < -0.3 is 4.74 Å². The molecule has 0 N–H and O–H groups in total. The van der Waals surface area contributed by atoms with Crippen molar-refractivity contribution in [1.29, 1.82) is 5.26 Å². The summed E-state index contributed by atoms with van der Waals surface area (Å²) >= 11 is 0. The van der Waals surface area contributed by atoms with Crippen LogP contribution in [0.5, 0.6) is 0 Å². The number of hydrogen-bond acceptors (Lipinski definition) is 3. The highest BCUT2D eigenvalue weighted by molar-refractivity contribution is 5.84. The fourth-order valence-corrected chi connectivity index (χ4v) is 2.41. The fraction of sp³-hybridized carbons (Fsp3) is 0.100. The Labute approximate surface area is 134 Å². The molecule has 0 spiro atoms. The van der Waals surface area contributed by atoms with Crippen molar-refractivity contribution < 1.29 is 9.53 Å². The lowest BCUT2D eigenvalue weighted by molar-refractivity contribution is -0.144. The van der Waals surface area contributed by atoms with Gasteiger partial charge in [0.2, 0.25) is 0 Å². The summed E-state index contributed by atoms with van der Waals surface area (Å²) in [5.74, 6) is -0.260. The second-order valence-corrected chi connectivity index (χ2v) is 5.33. The Bertz CT molecular complexity index is 876. The van der Waals surface area contributed by atoms with E-state index >= 15 is 0 Å². The van der Waals surface area contributed by atoms with E-state index in [-0.39, 0.29) is 19.0 Å². The lowest BCUT2D eigenvalue weighted by Gasteiger charge is -2.06. The maximum atomic E-state index is 12.0. The van der Waals surface area contributed by atoms with Crippen LogP contribution in [-0.4, -0.2) is 5.97 Å². The Kier molecular flexibility index (Phi) is 4.35. The van der Waals surface area contributed by atoms with E-state index in [1.54, 1.807) is 24.3 Å². The molecule has 0 amide bonds. The SMILES string of the molecule is N#Cc1ccc(COC(=O)Cc2ccc3ccccc3c2)cc1. The van der Waals surface area contributed by atoms with Gasteiger partial charge in [-0.05, 0) is 34.0 Å². The van der Waals surface area contributed by atoms with Gasteiger partial charge in [0.15, 0.2) is 0 Å². The van der Waals surface area contributed by atoms with Gasteiger partial charge in [-0.15, -0.1) is 0 Å². The summed E-state index contributed by atoms with van der Waals surface area (Å²) in [6, 6.07) is 23.1. The molecule has 0 aliphatic heterocycles. The molecule has 0 saturated heterocycles. The van der Waals surface area contributed by atoms with Gasteiger partial charge in [0.25, 0.3) is 0 Å². The average Bonchev–Trinajstić information content (AvgIpc) is 2.60. The van der Waals surface area contributed by atoms with Gasteiger partial charge in [0.05, 0.1) is 18.1 Å². The van der Waals surface area contributed by atoms with Crippen molar-refractivity contribution >= 4 is 16.7 Å². The Morgan fingerprint density at radius 1 is 0.913 bits per heavy atom. The van der Waals surface area contributed by atoms with E-state index in [9.17, 15) is 4.79 Å². The first kappa shape index (κ1) is 14.8. The third-order valence-electron chi connectivity index (χ3n) is 3.65. The van der Waals surface area contributed by atoms with Crippen LogP contribution in [0.15, 0.2) is 66.7 Å². The van der Waals surface area contributed by atoms with E-state index in [4.69, 9.17) is 10.00 Å². The van der Waals surface area contributed by atoms with Gasteiger partial charge in [-0.1, -0.05) is 54.6 Å². The van der Waals surface area contributed by atoms with Crippen LogP contribution in [0.3, 0.4) is 0 Å². The molecule has 0 aromatic heterocycles. The Morgan fingerprint density at radius 2 is 1.61 bits per heavy atom. The predicted octanol–water partition coefficient (Wildman–Crippen LogP) is 4.00. The van der Waals surface area contributed by atoms with Gasteiger partial charge in [-0.25, -0.2) is 0 Å².